The molecule has 0 saturated carbocycles. The van der Waals surface area contributed by atoms with Crippen LogP contribution in [0.25, 0.3) is 0 Å². The maximum Gasteiger partial charge on any atom is 0.239 e. The van der Waals surface area contributed by atoms with E-state index in [0.717, 1.165) is 25.1 Å². The van der Waals surface area contributed by atoms with Crippen molar-refractivity contribution in [3.05, 3.63) is 24.3 Å². The summed E-state index contributed by atoms with van der Waals surface area (Å²) in [6, 6.07) is 7.63. The van der Waals surface area contributed by atoms with Gasteiger partial charge in [0.25, 0.3) is 0 Å². The fourth-order valence-electron chi connectivity index (χ4n) is 1.96. The fraction of sp³-hybridized carbons (Fsp3) is 0.533. The maximum absolute atomic E-state index is 11.9. The van der Waals surface area contributed by atoms with Crippen LogP contribution >= 0.6 is 0 Å². The average Bonchev–Trinajstić information content (AvgIpc) is 2.43. The molecule has 0 aromatic heterocycles. The first-order valence-electron chi connectivity index (χ1n) is 7.03. The van der Waals surface area contributed by atoms with Gasteiger partial charge in [-0.15, -0.1) is 0 Å². The molecule has 0 saturated heterocycles. The second-order valence-corrected chi connectivity index (χ2v) is 4.71. The van der Waals surface area contributed by atoms with Gasteiger partial charge in [-0.05, 0) is 31.0 Å². The van der Waals surface area contributed by atoms with Gasteiger partial charge in [0.1, 0.15) is 0 Å². The van der Waals surface area contributed by atoms with Gasteiger partial charge in [0.05, 0.1) is 6.54 Å². The number of nitrogens with zero attached hydrogens (tertiary/aromatic N) is 1. The Morgan fingerprint density at radius 1 is 1.45 bits per heavy atom. The number of hydrogen-bond acceptors (Lipinski definition) is 4. The van der Waals surface area contributed by atoms with E-state index in [2.05, 4.69) is 12.2 Å². The van der Waals surface area contributed by atoms with Crippen LogP contribution in [0.15, 0.2) is 24.3 Å². The van der Waals surface area contributed by atoms with Crippen LogP contribution in [0.1, 0.15) is 19.8 Å². The smallest absolute Gasteiger partial charge is 0.239 e. The molecule has 3 N–H and O–H groups in total. The molecule has 1 aromatic rings. The Hall–Kier alpha value is -1.75. The normalized spacial score (nSPS) is 10.3. The van der Waals surface area contributed by atoms with Gasteiger partial charge in [0.15, 0.2) is 0 Å². The molecule has 1 aromatic carbocycles. The predicted octanol–water partition coefficient (Wildman–Crippen LogP) is 1.64. The molecule has 0 bridgehead atoms. The summed E-state index contributed by atoms with van der Waals surface area (Å²) in [6.07, 6.45) is 1.81. The lowest BCUT2D eigenvalue weighted by atomic mass is 10.2. The summed E-state index contributed by atoms with van der Waals surface area (Å²) in [5, 5.41) is 2.90. The predicted molar refractivity (Wildman–Crippen MR) is 82.9 cm³/mol. The third-order valence-corrected chi connectivity index (χ3v) is 2.91. The van der Waals surface area contributed by atoms with E-state index in [1.165, 1.54) is 0 Å². The van der Waals surface area contributed by atoms with Crippen LogP contribution in [0, 0.1) is 0 Å². The zero-order valence-electron chi connectivity index (χ0n) is 12.4. The number of rotatable bonds is 9. The molecule has 0 aliphatic carbocycles. The Morgan fingerprint density at radius 3 is 2.90 bits per heavy atom. The molecular weight excluding hydrogens is 254 g/mol. The van der Waals surface area contributed by atoms with Crippen molar-refractivity contribution < 1.29 is 9.53 Å². The number of nitrogens with two attached hydrogens (primary N) is 1. The summed E-state index contributed by atoms with van der Waals surface area (Å²) in [7, 11) is 1.66. The van der Waals surface area contributed by atoms with Crippen molar-refractivity contribution in [3.63, 3.8) is 0 Å². The molecule has 5 heteroatoms. The van der Waals surface area contributed by atoms with Gasteiger partial charge in [-0.1, -0.05) is 13.0 Å². The van der Waals surface area contributed by atoms with Crippen molar-refractivity contribution >= 4 is 17.3 Å². The zero-order chi connectivity index (χ0) is 14.8. The molecule has 0 atom stereocenters. The first kappa shape index (κ1) is 16.3. The standard InChI is InChI=1S/C15H25N3O2/c1-3-9-18(14-7-4-6-13(16)11-14)12-15(19)17-8-5-10-20-2/h4,6-7,11H,3,5,8-10,12,16H2,1-2H3,(H,17,19). The first-order chi connectivity index (χ1) is 9.67. The van der Waals surface area contributed by atoms with Crippen LogP contribution < -0.4 is 16.0 Å². The molecule has 112 valence electrons. The minimum absolute atomic E-state index is 0.0250. The number of amides is 1. The molecule has 0 aliphatic rings. The highest BCUT2D eigenvalue weighted by molar-refractivity contribution is 5.81. The number of methoxy groups -OCH3 is 1. The van der Waals surface area contributed by atoms with Crippen molar-refractivity contribution in [2.45, 2.75) is 19.8 Å². The van der Waals surface area contributed by atoms with E-state index in [1.807, 2.05) is 29.2 Å². The molecule has 1 rings (SSSR count). The summed E-state index contributed by atoms with van der Waals surface area (Å²) in [4.78, 5) is 14.0. The fourth-order valence-corrected chi connectivity index (χ4v) is 1.96. The quantitative estimate of drug-likeness (QED) is 0.532. The third kappa shape index (κ3) is 5.93. The average molecular weight is 279 g/mol. The molecule has 0 unspecified atom stereocenters. The number of ether oxygens (including phenoxy) is 1. The van der Waals surface area contributed by atoms with Crippen molar-refractivity contribution in [3.8, 4) is 0 Å². The monoisotopic (exact) mass is 279 g/mol. The van der Waals surface area contributed by atoms with Gasteiger partial charge in [-0.25, -0.2) is 0 Å². The number of nitrogens with one attached hydrogen (secondary N) is 1. The Balaban J connectivity index is 2.52. The second-order valence-electron chi connectivity index (χ2n) is 4.71. The number of hydrogen-bond donors (Lipinski definition) is 2. The highest BCUT2D eigenvalue weighted by Gasteiger charge is 2.10. The largest absolute Gasteiger partial charge is 0.399 e. The van der Waals surface area contributed by atoms with Crippen LogP contribution in [0.4, 0.5) is 11.4 Å². The number of benzene rings is 1. The lowest BCUT2D eigenvalue weighted by molar-refractivity contribution is -0.119. The minimum atomic E-state index is 0.0250. The van der Waals surface area contributed by atoms with E-state index in [9.17, 15) is 4.79 Å². The van der Waals surface area contributed by atoms with E-state index in [1.54, 1.807) is 7.11 Å². The van der Waals surface area contributed by atoms with Crippen molar-refractivity contribution in [2.24, 2.45) is 0 Å². The van der Waals surface area contributed by atoms with E-state index in [-0.39, 0.29) is 5.91 Å². The topological polar surface area (TPSA) is 67.6 Å². The molecule has 0 radical (unpaired) electrons. The maximum atomic E-state index is 11.9. The summed E-state index contributed by atoms with van der Waals surface area (Å²) >= 11 is 0. The van der Waals surface area contributed by atoms with Crippen molar-refractivity contribution in [1.29, 1.82) is 0 Å². The Kier molecular flexibility index (Phi) is 7.50. The summed E-state index contributed by atoms with van der Waals surface area (Å²) in [5.41, 5.74) is 7.49. The van der Waals surface area contributed by atoms with Gasteiger partial charge >= 0.3 is 0 Å². The summed E-state index contributed by atoms with van der Waals surface area (Å²) in [6.45, 7) is 4.58. The molecular formula is C15H25N3O2. The lowest BCUT2D eigenvalue weighted by Gasteiger charge is -2.24. The number of carbonyl (C=O) groups excluding carboxylic acids is 1. The lowest BCUT2D eigenvalue weighted by Crippen LogP contribution is -2.38. The van der Waals surface area contributed by atoms with E-state index in [4.69, 9.17) is 10.5 Å². The first-order valence-corrected chi connectivity index (χ1v) is 7.03. The summed E-state index contributed by atoms with van der Waals surface area (Å²) < 4.78 is 4.95. The molecule has 20 heavy (non-hydrogen) atoms. The van der Waals surface area contributed by atoms with Crippen LogP contribution in [0.3, 0.4) is 0 Å². The number of carbonyl (C=O) groups is 1. The van der Waals surface area contributed by atoms with Gasteiger partial charge in [0, 0.05) is 38.2 Å². The van der Waals surface area contributed by atoms with Crippen molar-refractivity contribution in [1.82, 2.24) is 5.32 Å². The second kappa shape index (κ2) is 9.20. The Bertz CT molecular complexity index is 410. The van der Waals surface area contributed by atoms with Crippen LogP contribution in [0.5, 0.6) is 0 Å². The van der Waals surface area contributed by atoms with E-state index in [0.29, 0.717) is 25.4 Å². The van der Waals surface area contributed by atoms with E-state index >= 15 is 0 Å². The minimum Gasteiger partial charge on any atom is -0.399 e. The highest BCUT2D eigenvalue weighted by Crippen LogP contribution is 2.17. The van der Waals surface area contributed by atoms with Gasteiger partial charge < -0.3 is 20.7 Å². The molecule has 0 aliphatic heterocycles. The molecule has 0 spiro atoms. The van der Waals surface area contributed by atoms with Crippen LogP contribution in [-0.2, 0) is 9.53 Å². The van der Waals surface area contributed by atoms with Crippen LogP contribution in [-0.4, -0.2) is 39.3 Å². The van der Waals surface area contributed by atoms with Gasteiger partial charge in [-0.3, -0.25) is 4.79 Å². The van der Waals surface area contributed by atoms with Crippen molar-refractivity contribution in [2.75, 3.05) is 44.0 Å². The third-order valence-electron chi connectivity index (χ3n) is 2.91. The van der Waals surface area contributed by atoms with E-state index < -0.39 is 0 Å². The van der Waals surface area contributed by atoms with Gasteiger partial charge in [0.2, 0.25) is 5.91 Å². The molecule has 1 amide bonds. The number of nitrogen functional groups attached to an aromatic ring is 1. The zero-order valence-corrected chi connectivity index (χ0v) is 12.4. The SMILES string of the molecule is CCCN(CC(=O)NCCCOC)c1cccc(N)c1. The summed E-state index contributed by atoms with van der Waals surface area (Å²) in [5.74, 6) is 0.0250. The highest BCUT2D eigenvalue weighted by atomic mass is 16.5. The van der Waals surface area contributed by atoms with Gasteiger partial charge in [-0.2, -0.15) is 0 Å². The Labute approximate surface area is 121 Å². The number of anilines is 2. The molecule has 0 heterocycles. The molecule has 5 nitrogen and oxygen atoms in total. The Morgan fingerprint density at radius 2 is 2.25 bits per heavy atom. The van der Waals surface area contributed by atoms with Crippen LogP contribution in [0.2, 0.25) is 0 Å². The molecule has 0 fully saturated rings.